The van der Waals surface area contributed by atoms with Gasteiger partial charge in [0.25, 0.3) is 5.22 Å². The smallest absolute Gasteiger partial charge is 0.339 e. The number of benzene rings is 1. The number of ether oxygens (including phenoxy) is 1. The number of anilines is 1. The van der Waals surface area contributed by atoms with Crippen LogP contribution in [0, 0.1) is 13.8 Å². The fourth-order valence-electron chi connectivity index (χ4n) is 1.70. The summed E-state index contributed by atoms with van der Waals surface area (Å²) < 4.78 is 10.1. The van der Waals surface area contributed by atoms with E-state index in [1.165, 1.54) is 18.9 Å². The van der Waals surface area contributed by atoms with E-state index < -0.39 is 5.97 Å². The lowest BCUT2D eigenvalue weighted by Crippen LogP contribution is -2.17. The Morgan fingerprint density at radius 3 is 2.68 bits per heavy atom. The molecule has 0 aliphatic heterocycles. The van der Waals surface area contributed by atoms with Gasteiger partial charge in [0.05, 0.1) is 29.8 Å². The van der Waals surface area contributed by atoms with Gasteiger partial charge in [-0.1, -0.05) is 23.9 Å². The number of carbonyl (C=O) groups is 2. The van der Waals surface area contributed by atoms with Crippen LogP contribution in [0.3, 0.4) is 0 Å². The number of nitrogens with zero attached hydrogens (tertiary/aromatic N) is 1. The second kappa shape index (κ2) is 7.13. The van der Waals surface area contributed by atoms with Crippen molar-refractivity contribution < 1.29 is 18.7 Å². The molecule has 1 N–H and O–H groups in total. The Balaban J connectivity index is 1.99. The number of hydrogen-bond acceptors (Lipinski definition) is 6. The highest BCUT2D eigenvalue weighted by atomic mass is 32.2. The van der Waals surface area contributed by atoms with E-state index in [1.54, 1.807) is 24.3 Å². The Morgan fingerprint density at radius 2 is 2.05 bits per heavy atom. The van der Waals surface area contributed by atoms with Crippen LogP contribution in [-0.2, 0) is 9.53 Å². The number of thioether (sulfide) groups is 1. The van der Waals surface area contributed by atoms with Crippen molar-refractivity contribution in [3.05, 3.63) is 41.3 Å². The first-order chi connectivity index (χ1) is 10.5. The number of hydrogen-bond donors (Lipinski definition) is 1. The summed E-state index contributed by atoms with van der Waals surface area (Å²) in [5.41, 5.74) is 1.53. The van der Waals surface area contributed by atoms with Crippen LogP contribution < -0.4 is 5.32 Å². The average molecular weight is 320 g/mol. The lowest BCUT2D eigenvalue weighted by atomic mass is 10.2. The maximum atomic E-state index is 12.0. The highest BCUT2D eigenvalue weighted by Crippen LogP contribution is 2.21. The molecule has 0 spiro atoms. The fourth-order valence-corrected chi connectivity index (χ4v) is 2.41. The van der Waals surface area contributed by atoms with Crippen LogP contribution in [0.5, 0.6) is 0 Å². The van der Waals surface area contributed by atoms with Gasteiger partial charge in [0, 0.05) is 0 Å². The third kappa shape index (κ3) is 3.88. The van der Waals surface area contributed by atoms with Gasteiger partial charge in [0.1, 0.15) is 5.76 Å². The quantitative estimate of drug-likeness (QED) is 0.674. The zero-order valence-electron chi connectivity index (χ0n) is 12.5. The predicted octanol–water partition coefficient (Wildman–Crippen LogP) is 2.81. The van der Waals surface area contributed by atoms with Crippen LogP contribution in [0.15, 0.2) is 33.9 Å². The van der Waals surface area contributed by atoms with Crippen molar-refractivity contribution in [1.29, 1.82) is 0 Å². The third-order valence-electron chi connectivity index (χ3n) is 2.94. The molecule has 22 heavy (non-hydrogen) atoms. The molecule has 6 nitrogen and oxygen atoms in total. The topological polar surface area (TPSA) is 81.4 Å². The SMILES string of the molecule is COC(=O)c1ccccc1NC(=O)CSc1nc(C)c(C)o1. The van der Waals surface area contributed by atoms with E-state index in [0.717, 1.165) is 11.5 Å². The summed E-state index contributed by atoms with van der Waals surface area (Å²) in [4.78, 5) is 27.8. The first-order valence-electron chi connectivity index (χ1n) is 6.55. The number of nitrogens with one attached hydrogen (secondary N) is 1. The van der Waals surface area contributed by atoms with Crippen LogP contribution in [0.2, 0.25) is 0 Å². The maximum absolute atomic E-state index is 12.0. The van der Waals surface area contributed by atoms with Crippen molar-refractivity contribution in [2.75, 3.05) is 18.2 Å². The van der Waals surface area contributed by atoms with E-state index in [9.17, 15) is 9.59 Å². The minimum atomic E-state index is -0.498. The standard InChI is InChI=1S/C15H16N2O4S/c1-9-10(2)21-15(16-9)22-8-13(18)17-12-7-5-4-6-11(12)14(19)20-3/h4-7H,8H2,1-3H3,(H,17,18). The van der Waals surface area contributed by atoms with Crippen molar-refractivity contribution >= 4 is 29.3 Å². The van der Waals surface area contributed by atoms with Gasteiger partial charge in [0.15, 0.2) is 0 Å². The number of rotatable bonds is 5. The molecule has 0 bridgehead atoms. The fraction of sp³-hybridized carbons (Fsp3) is 0.267. The molecule has 7 heteroatoms. The number of methoxy groups -OCH3 is 1. The second-order valence-corrected chi connectivity index (χ2v) is 5.42. The van der Waals surface area contributed by atoms with Crippen molar-refractivity contribution in [1.82, 2.24) is 4.98 Å². The van der Waals surface area contributed by atoms with Crippen LogP contribution in [0.4, 0.5) is 5.69 Å². The van der Waals surface area contributed by atoms with Crippen LogP contribution >= 0.6 is 11.8 Å². The van der Waals surface area contributed by atoms with Crippen molar-refractivity contribution in [3.8, 4) is 0 Å². The lowest BCUT2D eigenvalue weighted by Gasteiger charge is -2.08. The molecular formula is C15H16N2O4S. The molecule has 116 valence electrons. The summed E-state index contributed by atoms with van der Waals surface area (Å²) in [5.74, 6) is 0.117. The highest BCUT2D eigenvalue weighted by molar-refractivity contribution is 7.99. The number of oxazole rings is 1. The van der Waals surface area contributed by atoms with Gasteiger partial charge in [-0.05, 0) is 26.0 Å². The summed E-state index contributed by atoms with van der Waals surface area (Å²) in [5, 5.41) is 3.14. The number of amides is 1. The van der Waals surface area contributed by atoms with Gasteiger partial charge in [-0.2, -0.15) is 0 Å². The Bertz CT molecular complexity index is 677. The van der Waals surface area contributed by atoms with Gasteiger partial charge >= 0.3 is 5.97 Å². The van der Waals surface area contributed by atoms with Gasteiger partial charge in [-0.25, -0.2) is 9.78 Å². The maximum Gasteiger partial charge on any atom is 0.339 e. The number of aromatic nitrogens is 1. The molecule has 1 aromatic carbocycles. The van der Waals surface area contributed by atoms with E-state index >= 15 is 0 Å². The number of esters is 1. The molecule has 1 heterocycles. The molecule has 0 radical (unpaired) electrons. The van der Waals surface area contributed by atoms with E-state index in [0.29, 0.717) is 16.5 Å². The summed E-state index contributed by atoms with van der Waals surface area (Å²) in [6.07, 6.45) is 0. The summed E-state index contributed by atoms with van der Waals surface area (Å²) in [6.45, 7) is 3.66. The molecule has 2 rings (SSSR count). The molecule has 0 saturated carbocycles. The summed E-state index contributed by atoms with van der Waals surface area (Å²) in [7, 11) is 1.30. The third-order valence-corrected chi connectivity index (χ3v) is 3.77. The molecule has 2 aromatic rings. The van der Waals surface area contributed by atoms with E-state index in [2.05, 4.69) is 15.0 Å². The van der Waals surface area contributed by atoms with Crippen LogP contribution in [0.1, 0.15) is 21.8 Å². The largest absolute Gasteiger partial charge is 0.465 e. The van der Waals surface area contributed by atoms with Gasteiger partial charge < -0.3 is 14.5 Å². The van der Waals surface area contributed by atoms with Gasteiger partial charge in [0.2, 0.25) is 5.91 Å². The van der Waals surface area contributed by atoms with E-state index in [1.807, 2.05) is 13.8 Å². The predicted molar refractivity (Wildman–Crippen MR) is 83.1 cm³/mol. The van der Waals surface area contributed by atoms with Crippen molar-refractivity contribution in [2.24, 2.45) is 0 Å². The Labute approximate surface area is 132 Å². The Hall–Kier alpha value is -2.28. The first kappa shape index (κ1) is 16.1. The second-order valence-electron chi connectivity index (χ2n) is 4.50. The molecular weight excluding hydrogens is 304 g/mol. The molecule has 0 atom stereocenters. The average Bonchev–Trinajstić information content (AvgIpc) is 2.83. The number of para-hydroxylation sites is 1. The monoisotopic (exact) mass is 320 g/mol. The minimum absolute atomic E-state index is 0.134. The zero-order valence-corrected chi connectivity index (χ0v) is 13.3. The van der Waals surface area contributed by atoms with Crippen LogP contribution in [0.25, 0.3) is 0 Å². The zero-order chi connectivity index (χ0) is 16.1. The van der Waals surface area contributed by atoms with Crippen molar-refractivity contribution in [2.45, 2.75) is 19.1 Å². The Kier molecular flexibility index (Phi) is 5.21. The molecule has 0 saturated heterocycles. The van der Waals surface area contributed by atoms with E-state index in [4.69, 9.17) is 4.42 Å². The van der Waals surface area contributed by atoms with Crippen molar-refractivity contribution in [3.63, 3.8) is 0 Å². The molecule has 1 amide bonds. The minimum Gasteiger partial charge on any atom is -0.465 e. The Morgan fingerprint density at radius 1 is 1.32 bits per heavy atom. The molecule has 1 aromatic heterocycles. The van der Waals surface area contributed by atoms with Gasteiger partial charge in [-0.15, -0.1) is 0 Å². The normalized spacial score (nSPS) is 10.3. The first-order valence-corrected chi connectivity index (χ1v) is 7.54. The number of aryl methyl sites for hydroxylation is 2. The van der Waals surface area contributed by atoms with E-state index in [-0.39, 0.29) is 11.7 Å². The lowest BCUT2D eigenvalue weighted by molar-refractivity contribution is -0.113. The molecule has 0 aliphatic carbocycles. The summed E-state index contributed by atoms with van der Waals surface area (Å²) >= 11 is 1.20. The molecule has 0 unspecified atom stereocenters. The van der Waals surface area contributed by atoms with Gasteiger partial charge in [-0.3, -0.25) is 4.79 Å². The molecule has 0 aliphatic rings. The van der Waals surface area contributed by atoms with Crippen LogP contribution in [-0.4, -0.2) is 29.7 Å². The number of carbonyl (C=O) groups excluding carboxylic acids is 2. The highest BCUT2D eigenvalue weighted by Gasteiger charge is 2.14. The summed E-state index contributed by atoms with van der Waals surface area (Å²) in [6, 6.07) is 6.68. The molecule has 0 fully saturated rings.